The lowest BCUT2D eigenvalue weighted by Gasteiger charge is -2.22. The molecule has 0 atom stereocenters. The maximum absolute atomic E-state index is 4.40. The van der Waals surface area contributed by atoms with E-state index in [4.69, 9.17) is 0 Å². The van der Waals surface area contributed by atoms with E-state index in [-0.39, 0.29) is 0 Å². The number of allylic oxidation sites excluding steroid dienone is 4. The van der Waals surface area contributed by atoms with Gasteiger partial charge < -0.3 is 0 Å². The molecule has 128 valence electrons. The number of terminal acetylenes is 1. The van der Waals surface area contributed by atoms with Gasteiger partial charge in [-0.2, -0.15) is 0 Å². The average Bonchev–Trinajstić information content (AvgIpc) is 2.50. The van der Waals surface area contributed by atoms with Crippen molar-refractivity contribution in [3.05, 3.63) is 35.5 Å². The Bertz CT molecular complexity index is 328. The Morgan fingerprint density at radius 1 is 0.864 bits per heavy atom. The van der Waals surface area contributed by atoms with Crippen molar-refractivity contribution in [1.29, 1.82) is 0 Å². The van der Waals surface area contributed by atoms with Gasteiger partial charge in [0.2, 0.25) is 0 Å². The van der Waals surface area contributed by atoms with Gasteiger partial charge in [0.25, 0.3) is 0 Å². The minimum absolute atomic E-state index is 0.676. The Balaban J connectivity index is -0.000000826. The summed E-state index contributed by atoms with van der Waals surface area (Å²) < 4.78 is 0. The lowest BCUT2D eigenvalue weighted by molar-refractivity contribution is 0.506. The van der Waals surface area contributed by atoms with Crippen LogP contribution < -0.4 is 0 Å². The summed E-state index contributed by atoms with van der Waals surface area (Å²) in [6, 6.07) is 0. The van der Waals surface area contributed by atoms with Crippen LogP contribution in [0.1, 0.15) is 87.0 Å². The molecular weight excluding hydrogens is 264 g/mol. The van der Waals surface area contributed by atoms with Gasteiger partial charge >= 0.3 is 0 Å². The standard InChI is InChI=1S/C18H32.C2H6.C2H2/c1-8-10-17(11-9-2)16(7)18(15(5)6)13-12-14(3)4;2*1-2/h17H,3,7-13H2,1-2,4-6H3;1-2H3;1-2H. The van der Waals surface area contributed by atoms with E-state index in [0.29, 0.717) is 5.92 Å². The second-order valence-electron chi connectivity index (χ2n) is 5.74. The van der Waals surface area contributed by atoms with Crippen LogP contribution in [0.25, 0.3) is 0 Å². The van der Waals surface area contributed by atoms with E-state index in [2.05, 4.69) is 60.6 Å². The fraction of sp³-hybridized carbons (Fsp3) is 0.636. The van der Waals surface area contributed by atoms with Crippen LogP contribution >= 0.6 is 0 Å². The summed E-state index contributed by atoms with van der Waals surface area (Å²) in [6.45, 7) is 23.5. The van der Waals surface area contributed by atoms with E-state index in [1.54, 1.807) is 0 Å². The van der Waals surface area contributed by atoms with Gasteiger partial charge in [-0.25, -0.2) is 0 Å². The Labute approximate surface area is 141 Å². The molecule has 0 N–H and O–H groups in total. The van der Waals surface area contributed by atoms with E-state index < -0.39 is 0 Å². The normalized spacial score (nSPS) is 9.00. The van der Waals surface area contributed by atoms with Gasteiger partial charge in [0, 0.05) is 0 Å². The van der Waals surface area contributed by atoms with Crippen molar-refractivity contribution in [1.82, 2.24) is 0 Å². The van der Waals surface area contributed by atoms with Crippen LogP contribution in [0.4, 0.5) is 0 Å². The van der Waals surface area contributed by atoms with Crippen LogP contribution in [-0.2, 0) is 0 Å². The minimum atomic E-state index is 0.676. The van der Waals surface area contributed by atoms with E-state index in [9.17, 15) is 0 Å². The predicted octanol–water partition coefficient (Wildman–Crippen LogP) is 7.73. The van der Waals surface area contributed by atoms with Crippen LogP contribution in [0.2, 0.25) is 0 Å². The van der Waals surface area contributed by atoms with Crippen molar-refractivity contribution in [3.8, 4) is 12.8 Å². The van der Waals surface area contributed by atoms with Crippen molar-refractivity contribution in [2.24, 2.45) is 5.92 Å². The van der Waals surface area contributed by atoms with Crippen molar-refractivity contribution in [3.63, 3.8) is 0 Å². The van der Waals surface area contributed by atoms with E-state index in [0.717, 1.165) is 12.8 Å². The molecule has 0 amide bonds. The van der Waals surface area contributed by atoms with Crippen molar-refractivity contribution < 1.29 is 0 Å². The highest BCUT2D eigenvalue weighted by atomic mass is 14.2. The topological polar surface area (TPSA) is 0 Å². The highest BCUT2D eigenvalue weighted by molar-refractivity contribution is 5.34. The molecule has 0 rings (SSSR count). The van der Waals surface area contributed by atoms with Crippen LogP contribution in [-0.4, -0.2) is 0 Å². The molecule has 0 heteroatoms. The summed E-state index contributed by atoms with van der Waals surface area (Å²) in [5, 5.41) is 0. The van der Waals surface area contributed by atoms with Gasteiger partial charge in [-0.1, -0.05) is 58.3 Å². The van der Waals surface area contributed by atoms with Crippen molar-refractivity contribution in [2.45, 2.75) is 87.0 Å². The Morgan fingerprint density at radius 3 is 1.55 bits per heavy atom. The molecule has 0 bridgehead atoms. The first kappa shape index (κ1) is 25.7. The van der Waals surface area contributed by atoms with Gasteiger partial charge in [0.15, 0.2) is 0 Å². The highest BCUT2D eigenvalue weighted by Crippen LogP contribution is 2.31. The smallest absolute Gasteiger partial charge is 0.0165 e. The minimum Gasteiger partial charge on any atom is -0.124 e. The molecule has 0 unspecified atom stereocenters. The van der Waals surface area contributed by atoms with E-state index in [1.807, 2.05) is 13.8 Å². The first-order valence-corrected chi connectivity index (χ1v) is 8.77. The third-order valence-corrected chi connectivity index (χ3v) is 3.56. The second-order valence-corrected chi connectivity index (χ2v) is 5.74. The Kier molecular flexibility index (Phi) is 20.8. The van der Waals surface area contributed by atoms with Crippen LogP contribution in [0.3, 0.4) is 0 Å². The average molecular weight is 305 g/mol. The molecule has 0 aliphatic rings. The van der Waals surface area contributed by atoms with E-state index in [1.165, 1.54) is 48.0 Å². The largest absolute Gasteiger partial charge is 0.124 e. The molecule has 0 heterocycles. The van der Waals surface area contributed by atoms with Gasteiger partial charge in [0.05, 0.1) is 0 Å². The zero-order valence-corrected chi connectivity index (χ0v) is 16.4. The maximum atomic E-state index is 4.40. The SMILES string of the molecule is C#C.C=C(C)CCC(C(=C)C(CCC)CCC)=C(C)C.CC. The second kappa shape index (κ2) is 17.8. The Hall–Kier alpha value is -1.22. The van der Waals surface area contributed by atoms with Gasteiger partial charge in [-0.15, -0.1) is 19.4 Å². The maximum Gasteiger partial charge on any atom is -0.0165 e. The van der Waals surface area contributed by atoms with Gasteiger partial charge in [0.1, 0.15) is 0 Å². The molecule has 0 radical (unpaired) electrons. The first-order chi connectivity index (χ1) is 10.4. The summed E-state index contributed by atoms with van der Waals surface area (Å²) in [4.78, 5) is 0. The molecule has 0 aromatic carbocycles. The third-order valence-electron chi connectivity index (χ3n) is 3.56. The van der Waals surface area contributed by atoms with Crippen LogP contribution in [0.15, 0.2) is 35.5 Å². The molecule has 0 aliphatic carbocycles. The summed E-state index contributed by atoms with van der Waals surface area (Å²) >= 11 is 0. The molecule has 0 spiro atoms. The molecule has 0 aromatic rings. The molecule has 0 aromatic heterocycles. The van der Waals surface area contributed by atoms with Crippen molar-refractivity contribution >= 4 is 0 Å². The zero-order chi connectivity index (χ0) is 18.1. The molecule has 0 fully saturated rings. The highest BCUT2D eigenvalue weighted by Gasteiger charge is 2.15. The monoisotopic (exact) mass is 304 g/mol. The number of rotatable bonds is 9. The first-order valence-electron chi connectivity index (χ1n) is 8.77. The predicted molar refractivity (Wildman–Crippen MR) is 106 cm³/mol. The third kappa shape index (κ3) is 12.5. The van der Waals surface area contributed by atoms with Crippen LogP contribution in [0.5, 0.6) is 0 Å². The van der Waals surface area contributed by atoms with E-state index >= 15 is 0 Å². The lowest BCUT2D eigenvalue weighted by atomic mass is 9.83. The molecule has 0 aliphatic heterocycles. The molecule has 0 saturated heterocycles. The summed E-state index contributed by atoms with van der Waals surface area (Å²) in [5.41, 5.74) is 5.58. The van der Waals surface area contributed by atoms with Crippen molar-refractivity contribution in [2.75, 3.05) is 0 Å². The Morgan fingerprint density at radius 2 is 1.27 bits per heavy atom. The summed E-state index contributed by atoms with van der Waals surface area (Å²) in [6.07, 6.45) is 15.2. The quantitative estimate of drug-likeness (QED) is 0.232. The van der Waals surface area contributed by atoms with Gasteiger partial charge in [-0.05, 0) is 63.5 Å². The number of hydrogen-bond donors (Lipinski definition) is 0. The summed E-state index contributed by atoms with van der Waals surface area (Å²) in [7, 11) is 0. The fourth-order valence-electron chi connectivity index (χ4n) is 2.51. The lowest BCUT2D eigenvalue weighted by Crippen LogP contribution is -2.07. The summed E-state index contributed by atoms with van der Waals surface area (Å²) in [5.74, 6) is 0.676. The molecule has 0 saturated carbocycles. The number of hydrogen-bond acceptors (Lipinski definition) is 0. The van der Waals surface area contributed by atoms with Crippen LogP contribution in [0, 0.1) is 18.8 Å². The molecular formula is C22H40. The zero-order valence-electron chi connectivity index (χ0n) is 16.4. The molecule has 22 heavy (non-hydrogen) atoms. The fourth-order valence-corrected chi connectivity index (χ4v) is 2.51. The molecule has 0 nitrogen and oxygen atoms in total. The van der Waals surface area contributed by atoms with Gasteiger partial charge in [-0.3, -0.25) is 0 Å².